The molecule has 2 heterocycles. The molecule has 0 spiro atoms. The second kappa shape index (κ2) is 6.97. The van der Waals surface area contributed by atoms with E-state index in [0.717, 1.165) is 34.5 Å². The molecule has 0 aliphatic heterocycles. The molecule has 142 valence electrons. The maximum Gasteiger partial charge on any atom is 0.229 e. The van der Waals surface area contributed by atoms with Crippen LogP contribution in [-0.2, 0) is 10.0 Å². The van der Waals surface area contributed by atoms with Gasteiger partial charge < -0.3 is 4.74 Å². The second-order valence-corrected chi connectivity index (χ2v) is 8.08. The number of nitrogens with zero attached hydrogens (tertiary/aromatic N) is 3. The highest BCUT2D eigenvalue weighted by Gasteiger charge is 2.10. The number of benzene rings is 2. The summed E-state index contributed by atoms with van der Waals surface area (Å²) in [7, 11) is -1.71. The molecule has 0 bridgehead atoms. The van der Waals surface area contributed by atoms with Gasteiger partial charge in [-0.1, -0.05) is 12.1 Å². The first-order chi connectivity index (χ1) is 13.4. The molecule has 0 amide bonds. The minimum Gasteiger partial charge on any atom is -0.497 e. The van der Waals surface area contributed by atoms with Gasteiger partial charge in [0.2, 0.25) is 10.0 Å². The Kier molecular flexibility index (Phi) is 4.48. The molecule has 7 nitrogen and oxygen atoms in total. The highest BCUT2D eigenvalue weighted by atomic mass is 32.2. The van der Waals surface area contributed by atoms with Crippen LogP contribution in [0.1, 0.15) is 0 Å². The first-order valence-corrected chi connectivity index (χ1v) is 10.4. The zero-order valence-corrected chi connectivity index (χ0v) is 16.1. The van der Waals surface area contributed by atoms with Crippen molar-refractivity contribution in [3.05, 3.63) is 67.1 Å². The lowest BCUT2D eigenvalue weighted by molar-refractivity contribution is 0.415. The summed E-state index contributed by atoms with van der Waals surface area (Å²) in [5.41, 5.74) is 4.63. The van der Waals surface area contributed by atoms with Gasteiger partial charge in [-0.05, 0) is 36.4 Å². The van der Waals surface area contributed by atoms with Crippen molar-refractivity contribution in [1.29, 1.82) is 0 Å². The standard InChI is InChI=1S/C20H18N4O3S/c1-27-17-8-6-14(7-9-17)19-11-22-20-12-21-18(13-24(19)20)15-4-3-5-16(10-15)23-28(2,25)26/h3-13,23H,1-2H3. The number of sulfonamides is 1. The van der Waals surface area contributed by atoms with Crippen LogP contribution >= 0.6 is 0 Å². The molecular weight excluding hydrogens is 376 g/mol. The molecule has 0 saturated carbocycles. The Morgan fingerprint density at radius 3 is 2.50 bits per heavy atom. The van der Waals surface area contributed by atoms with Gasteiger partial charge in [-0.15, -0.1) is 0 Å². The summed E-state index contributed by atoms with van der Waals surface area (Å²) < 4.78 is 32.6. The van der Waals surface area contributed by atoms with Crippen LogP contribution in [-0.4, -0.2) is 36.2 Å². The van der Waals surface area contributed by atoms with Crippen LogP contribution < -0.4 is 9.46 Å². The number of imidazole rings is 1. The molecule has 2 aromatic heterocycles. The van der Waals surface area contributed by atoms with Gasteiger partial charge in [0, 0.05) is 23.0 Å². The molecule has 28 heavy (non-hydrogen) atoms. The van der Waals surface area contributed by atoms with Gasteiger partial charge in [0.15, 0.2) is 5.65 Å². The Hall–Kier alpha value is -3.39. The zero-order chi connectivity index (χ0) is 19.7. The lowest BCUT2D eigenvalue weighted by Gasteiger charge is -2.08. The van der Waals surface area contributed by atoms with Crippen LogP contribution in [0.25, 0.3) is 28.2 Å². The number of fused-ring (bicyclic) bond motifs is 1. The third kappa shape index (κ3) is 3.67. The van der Waals surface area contributed by atoms with E-state index in [1.165, 1.54) is 0 Å². The average Bonchev–Trinajstić information content (AvgIpc) is 3.10. The summed E-state index contributed by atoms with van der Waals surface area (Å²) in [6, 6.07) is 14.9. The number of ether oxygens (including phenoxy) is 1. The number of rotatable bonds is 5. The molecule has 0 atom stereocenters. The number of methoxy groups -OCH3 is 1. The fourth-order valence-electron chi connectivity index (χ4n) is 2.97. The number of aromatic nitrogens is 3. The summed E-state index contributed by atoms with van der Waals surface area (Å²) in [5.74, 6) is 0.787. The summed E-state index contributed by atoms with van der Waals surface area (Å²) in [6.07, 6.45) is 6.50. The molecular formula is C20H18N4O3S. The zero-order valence-electron chi connectivity index (χ0n) is 15.3. The van der Waals surface area contributed by atoms with Crippen LogP contribution in [0.3, 0.4) is 0 Å². The molecule has 0 saturated heterocycles. The van der Waals surface area contributed by atoms with Crippen LogP contribution in [0.2, 0.25) is 0 Å². The summed E-state index contributed by atoms with van der Waals surface area (Å²) in [5, 5.41) is 0. The SMILES string of the molecule is COc1ccc(-c2cnc3cnc(-c4cccc(NS(C)(=O)=O)c4)cn23)cc1. The van der Waals surface area contributed by atoms with Crippen molar-refractivity contribution in [2.45, 2.75) is 0 Å². The predicted molar refractivity (Wildman–Crippen MR) is 109 cm³/mol. The second-order valence-electron chi connectivity index (χ2n) is 6.33. The van der Waals surface area contributed by atoms with Gasteiger partial charge in [0.05, 0.1) is 37.1 Å². The molecule has 8 heteroatoms. The van der Waals surface area contributed by atoms with Crippen LogP contribution in [0.15, 0.2) is 67.1 Å². The predicted octanol–water partition coefficient (Wildman–Crippen LogP) is 3.44. The molecule has 2 aromatic carbocycles. The van der Waals surface area contributed by atoms with E-state index < -0.39 is 10.0 Å². The monoisotopic (exact) mass is 394 g/mol. The van der Waals surface area contributed by atoms with E-state index in [1.54, 1.807) is 37.7 Å². The smallest absolute Gasteiger partial charge is 0.229 e. The molecule has 0 radical (unpaired) electrons. The maximum absolute atomic E-state index is 11.5. The van der Waals surface area contributed by atoms with Crippen LogP contribution in [0.5, 0.6) is 5.75 Å². The van der Waals surface area contributed by atoms with Crippen LogP contribution in [0.4, 0.5) is 5.69 Å². The third-order valence-corrected chi connectivity index (χ3v) is 4.85. The Balaban J connectivity index is 1.76. The van der Waals surface area contributed by atoms with E-state index in [0.29, 0.717) is 11.4 Å². The number of nitrogens with one attached hydrogen (secondary N) is 1. The van der Waals surface area contributed by atoms with Gasteiger partial charge >= 0.3 is 0 Å². The average molecular weight is 394 g/mol. The molecule has 4 rings (SSSR count). The van der Waals surface area contributed by atoms with E-state index in [2.05, 4.69) is 14.7 Å². The fourth-order valence-corrected chi connectivity index (χ4v) is 3.52. The van der Waals surface area contributed by atoms with Crippen molar-refractivity contribution < 1.29 is 13.2 Å². The Bertz CT molecular complexity index is 1250. The molecule has 0 aliphatic rings. The van der Waals surface area contributed by atoms with E-state index in [9.17, 15) is 8.42 Å². The molecule has 0 fully saturated rings. The van der Waals surface area contributed by atoms with Gasteiger partial charge in [-0.2, -0.15) is 0 Å². The minimum atomic E-state index is -3.35. The normalized spacial score (nSPS) is 11.5. The Labute approximate surface area is 162 Å². The van der Waals surface area contributed by atoms with E-state index >= 15 is 0 Å². The molecule has 1 N–H and O–H groups in total. The molecule has 4 aromatic rings. The van der Waals surface area contributed by atoms with Crippen molar-refractivity contribution >= 4 is 21.4 Å². The van der Waals surface area contributed by atoms with Gasteiger partial charge in [0.1, 0.15) is 5.75 Å². The van der Waals surface area contributed by atoms with Gasteiger partial charge in [-0.3, -0.25) is 14.1 Å². The summed E-state index contributed by atoms with van der Waals surface area (Å²) in [6.45, 7) is 0. The Morgan fingerprint density at radius 1 is 1.00 bits per heavy atom. The van der Waals surface area contributed by atoms with Crippen LogP contribution in [0, 0.1) is 0 Å². The number of hydrogen-bond donors (Lipinski definition) is 1. The first-order valence-electron chi connectivity index (χ1n) is 8.49. The number of anilines is 1. The van der Waals surface area contributed by atoms with E-state index in [-0.39, 0.29) is 0 Å². The lowest BCUT2D eigenvalue weighted by atomic mass is 10.1. The third-order valence-electron chi connectivity index (χ3n) is 4.24. The molecule has 0 unspecified atom stereocenters. The highest BCUT2D eigenvalue weighted by Crippen LogP contribution is 2.26. The summed E-state index contributed by atoms with van der Waals surface area (Å²) >= 11 is 0. The van der Waals surface area contributed by atoms with Crippen molar-refractivity contribution in [3.8, 4) is 28.3 Å². The van der Waals surface area contributed by atoms with E-state index in [4.69, 9.17) is 4.74 Å². The topological polar surface area (TPSA) is 85.6 Å². The van der Waals surface area contributed by atoms with Crippen molar-refractivity contribution in [1.82, 2.24) is 14.4 Å². The lowest BCUT2D eigenvalue weighted by Crippen LogP contribution is -2.09. The summed E-state index contributed by atoms with van der Waals surface area (Å²) in [4.78, 5) is 8.88. The van der Waals surface area contributed by atoms with Crippen molar-refractivity contribution in [3.63, 3.8) is 0 Å². The highest BCUT2D eigenvalue weighted by molar-refractivity contribution is 7.92. The van der Waals surface area contributed by atoms with Gasteiger partial charge in [0.25, 0.3) is 0 Å². The fraction of sp³-hybridized carbons (Fsp3) is 0.100. The van der Waals surface area contributed by atoms with E-state index in [1.807, 2.05) is 40.9 Å². The first kappa shape index (κ1) is 18.0. The van der Waals surface area contributed by atoms with Crippen molar-refractivity contribution in [2.75, 3.05) is 18.1 Å². The minimum absolute atomic E-state index is 0.489. The molecule has 0 aliphatic carbocycles. The largest absolute Gasteiger partial charge is 0.497 e. The quantitative estimate of drug-likeness (QED) is 0.560. The van der Waals surface area contributed by atoms with Crippen molar-refractivity contribution in [2.24, 2.45) is 0 Å². The maximum atomic E-state index is 11.5. The number of hydrogen-bond acceptors (Lipinski definition) is 5. The van der Waals surface area contributed by atoms with Gasteiger partial charge in [-0.25, -0.2) is 13.4 Å². The Morgan fingerprint density at radius 2 is 1.79 bits per heavy atom.